The summed E-state index contributed by atoms with van der Waals surface area (Å²) in [5, 5.41) is 7.16. The van der Waals surface area contributed by atoms with E-state index in [1.54, 1.807) is 11.3 Å². The number of rotatable bonds is 5. The van der Waals surface area contributed by atoms with E-state index in [1.807, 2.05) is 0 Å². The van der Waals surface area contributed by atoms with Crippen LogP contribution in [0.4, 0.5) is 0 Å². The quantitative estimate of drug-likeness (QED) is 0.849. The first kappa shape index (κ1) is 12.1. The monoisotopic (exact) mass is 238 g/mol. The van der Waals surface area contributed by atoms with Gasteiger partial charge >= 0.3 is 0 Å². The maximum absolute atomic E-state index is 4.64. The third-order valence-electron chi connectivity index (χ3n) is 3.67. The Hall–Kier alpha value is -0.410. The molecule has 90 valence electrons. The largest absolute Gasteiger partial charge is 0.303 e. The molecule has 2 rings (SSSR count). The molecule has 3 heteroatoms. The second kappa shape index (κ2) is 4.46. The molecule has 2 atom stereocenters. The van der Waals surface area contributed by atoms with E-state index in [1.165, 1.54) is 17.8 Å². The molecule has 0 amide bonds. The molecule has 1 heterocycles. The zero-order valence-corrected chi connectivity index (χ0v) is 11.5. The highest BCUT2D eigenvalue weighted by atomic mass is 32.1. The number of aromatic nitrogens is 1. The van der Waals surface area contributed by atoms with Gasteiger partial charge in [0.25, 0.3) is 0 Å². The number of nitrogens with one attached hydrogen (secondary N) is 1. The Bertz CT molecular complexity index is 357. The van der Waals surface area contributed by atoms with Crippen molar-refractivity contribution >= 4 is 11.3 Å². The zero-order chi connectivity index (χ0) is 11.8. The average molecular weight is 238 g/mol. The molecule has 0 radical (unpaired) electrons. The summed E-state index contributed by atoms with van der Waals surface area (Å²) in [4.78, 5) is 4.64. The summed E-state index contributed by atoms with van der Waals surface area (Å²) in [5.41, 5.74) is 1.20. The van der Waals surface area contributed by atoms with Gasteiger partial charge in [-0.2, -0.15) is 0 Å². The summed E-state index contributed by atoms with van der Waals surface area (Å²) in [6.07, 6.45) is 3.88. The molecule has 0 spiro atoms. The summed E-state index contributed by atoms with van der Waals surface area (Å²) < 4.78 is 0. The minimum atomic E-state index is 0.0565. The van der Waals surface area contributed by atoms with Crippen LogP contribution in [0.15, 0.2) is 5.38 Å². The van der Waals surface area contributed by atoms with Gasteiger partial charge in [0, 0.05) is 17.1 Å². The Morgan fingerprint density at radius 2 is 2.31 bits per heavy atom. The zero-order valence-electron chi connectivity index (χ0n) is 10.7. The molecular formula is C13H22N2S. The molecule has 0 bridgehead atoms. The Labute approximate surface area is 102 Å². The van der Waals surface area contributed by atoms with Gasteiger partial charge < -0.3 is 5.32 Å². The Morgan fingerprint density at radius 1 is 1.62 bits per heavy atom. The number of hydrogen-bond donors (Lipinski definition) is 1. The Morgan fingerprint density at radius 3 is 2.75 bits per heavy atom. The molecule has 1 aromatic rings. The lowest BCUT2D eigenvalue weighted by Gasteiger charge is -2.31. The molecule has 1 aliphatic carbocycles. The van der Waals surface area contributed by atoms with Gasteiger partial charge in [-0.3, -0.25) is 0 Å². The van der Waals surface area contributed by atoms with Gasteiger partial charge in [0.1, 0.15) is 5.01 Å². The first-order chi connectivity index (χ1) is 7.55. The summed E-state index contributed by atoms with van der Waals surface area (Å²) in [7, 11) is 0. The lowest BCUT2D eigenvalue weighted by atomic mass is 9.97. The van der Waals surface area contributed by atoms with Gasteiger partial charge in [-0.1, -0.05) is 6.92 Å². The van der Waals surface area contributed by atoms with Crippen LogP contribution in [-0.4, -0.2) is 11.0 Å². The molecule has 0 aliphatic heterocycles. The van der Waals surface area contributed by atoms with E-state index in [0.29, 0.717) is 6.04 Å². The van der Waals surface area contributed by atoms with Crippen LogP contribution >= 0.6 is 11.3 Å². The van der Waals surface area contributed by atoms with Crippen molar-refractivity contribution < 1.29 is 0 Å². The van der Waals surface area contributed by atoms with Gasteiger partial charge in [0.2, 0.25) is 0 Å². The lowest BCUT2D eigenvalue weighted by molar-refractivity contribution is 0.296. The van der Waals surface area contributed by atoms with Crippen molar-refractivity contribution in [3.8, 4) is 0 Å². The summed E-state index contributed by atoms with van der Waals surface area (Å²) in [5.74, 6) is 0.895. The number of nitrogens with zero attached hydrogens (tertiary/aromatic N) is 1. The van der Waals surface area contributed by atoms with E-state index in [4.69, 9.17) is 0 Å². The highest BCUT2D eigenvalue weighted by molar-refractivity contribution is 7.09. The van der Waals surface area contributed by atoms with E-state index in [0.717, 1.165) is 18.0 Å². The van der Waals surface area contributed by atoms with Crippen molar-refractivity contribution in [1.82, 2.24) is 10.3 Å². The molecule has 1 aromatic heterocycles. The third kappa shape index (κ3) is 2.46. The highest BCUT2D eigenvalue weighted by Gasteiger charge is 2.35. The van der Waals surface area contributed by atoms with Gasteiger partial charge in [-0.25, -0.2) is 4.98 Å². The van der Waals surface area contributed by atoms with Crippen LogP contribution in [0, 0.1) is 12.8 Å². The number of thiazole rings is 1. The minimum absolute atomic E-state index is 0.0565. The van der Waals surface area contributed by atoms with Crippen molar-refractivity contribution in [2.24, 2.45) is 5.92 Å². The molecule has 1 aliphatic rings. The first-order valence-corrected chi connectivity index (χ1v) is 7.13. The van der Waals surface area contributed by atoms with E-state index in [2.05, 4.69) is 43.4 Å². The van der Waals surface area contributed by atoms with Crippen LogP contribution in [0.2, 0.25) is 0 Å². The van der Waals surface area contributed by atoms with Crippen molar-refractivity contribution in [2.45, 2.75) is 58.5 Å². The molecule has 0 aromatic carbocycles. The average Bonchev–Trinajstić information content (AvgIpc) is 3.01. The van der Waals surface area contributed by atoms with E-state index in [-0.39, 0.29) is 5.54 Å². The summed E-state index contributed by atoms with van der Waals surface area (Å²) in [6, 6.07) is 0.620. The van der Waals surface area contributed by atoms with Crippen LogP contribution < -0.4 is 5.32 Å². The second-order valence-electron chi connectivity index (χ2n) is 5.25. The smallest absolute Gasteiger partial charge is 0.113 e. The molecule has 1 fully saturated rings. The lowest BCUT2D eigenvalue weighted by Crippen LogP contribution is -2.45. The maximum Gasteiger partial charge on any atom is 0.113 e. The van der Waals surface area contributed by atoms with Gasteiger partial charge in [-0.05, 0) is 46.0 Å². The summed E-state index contributed by atoms with van der Waals surface area (Å²) in [6.45, 7) is 8.90. The van der Waals surface area contributed by atoms with Crippen molar-refractivity contribution in [2.75, 3.05) is 0 Å². The second-order valence-corrected chi connectivity index (χ2v) is 6.11. The predicted molar refractivity (Wildman–Crippen MR) is 69.8 cm³/mol. The van der Waals surface area contributed by atoms with Crippen LogP contribution in [0.5, 0.6) is 0 Å². The molecule has 1 N–H and O–H groups in total. The maximum atomic E-state index is 4.64. The number of aryl methyl sites for hydroxylation is 1. The predicted octanol–water partition coefficient (Wildman–Crippen LogP) is 3.46. The van der Waals surface area contributed by atoms with Crippen LogP contribution in [0.3, 0.4) is 0 Å². The van der Waals surface area contributed by atoms with Gasteiger partial charge in [0.05, 0.1) is 5.54 Å². The normalized spacial score (nSPS) is 21.8. The van der Waals surface area contributed by atoms with Crippen LogP contribution in [-0.2, 0) is 5.54 Å². The van der Waals surface area contributed by atoms with Crippen molar-refractivity contribution in [3.05, 3.63) is 16.1 Å². The SMILES string of the molecule is CCC(C)(NC(C)C1CC1)c1nc(C)cs1. The third-order valence-corrected chi connectivity index (χ3v) is 4.90. The molecular weight excluding hydrogens is 216 g/mol. The van der Waals surface area contributed by atoms with E-state index in [9.17, 15) is 0 Å². The molecule has 2 nitrogen and oxygen atoms in total. The summed E-state index contributed by atoms with van der Waals surface area (Å²) >= 11 is 1.78. The Balaban J connectivity index is 2.11. The van der Waals surface area contributed by atoms with Crippen LogP contribution in [0.25, 0.3) is 0 Å². The molecule has 0 saturated heterocycles. The molecule has 2 unspecified atom stereocenters. The fraction of sp³-hybridized carbons (Fsp3) is 0.769. The fourth-order valence-electron chi connectivity index (χ4n) is 2.14. The van der Waals surface area contributed by atoms with E-state index >= 15 is 0 Å². The highest BCUT2D eigenvalue weighted by Crippen LogP contribution is 2.36. The topological polar surface area (TPSA) is 24.9 Å². The molecule has 1 saturated carbocycles. The Kier molecular flexibility index (Phi) is 3.36. The van der Waals surface area contributed by atoms with Gasteiger partial charge in [-0.15, -0.1) is 11.3 Å². The van der Waals surface area contributed by atoms with Crippen molar-refractivity contribution in [3.63, 3.8) is 0 Å². The minimum Gasteiger partial charge on any atom is -0.303 e. The van der Waals surface area contributed by atoms with Crippen molar-refractivity contribution in [1.29, 1.82) is 0 Å². The van der Waals surface area contributed by atoms with Gasteiger partial charge in [0.15, 0.2) is 0 Å². The van der Waals surface area contributed by atoms with Crippen LogP contribution in [0.1, 0.15) is 50.7 Å². The standard InChI is InChI=1S/C13H22N2S/c1-5-13(4,12-14-9(2)8-16-12)15-10(3)11-6-7-11/h8,10-11,15H,5-7H2,1-4H3. The molecule has 16 heavy (non-hydrogen) atoms. The number of hydrogen-bond acceptors (Lipinski definition) is 3. The fourth-order valence-corrected chi connectivity index (χ4v) is 3.13. The first-order valence-electron chi connectivity index (χ1n) is 6.25. The van der Waals surface area contributed by atoms with E-state index < -0.39 is 0 Å².